The molecule has 0 saturated heterocycles. The zero-order chi connectivity index (χ0) is 20.9. The summed E-state index contributed by atoms with van der Waals surface area (Å²) in [6, 6.07) is 12.2. The van der Waals surface area contributed by atoms with Crippen LogP contribution in [0.1, 0.15) is 44.5 Å². The van der Waals surface area contributed by atoms with E-state index in [0.717, 1.165) is 48.5 Å². The number of hydrogen-bond acceptors (Lipinski definition) is 3. The average Bonchev–Trinajstić information content (AvgIpc) is 3.14. The van der Waals surface area contributed by atoms with Crippen molar-refractivity contribution in [2.24, 2.45) is 11.3 Å². The number of hydrogen-bond donors (Lipinski definition) is 1. The first-order chi connectivity index (χ1) is 14.4. The van der Waals surface area contributed by atoms with Gasteiger partial charge in [-0.2, -0.15) is 0 Å². The van der Waals surface area contributed by atoms with Gasteiger partial charge in [0.15, 0.2) is 0 Å². The average molecular weight is 404 g/mol. The van der Waals surface area contributed by atoms with Gasteiger partial charge in [0, 0.05) is 29.6 Å². The summed E-state index contributed by atoms with van der Waals surface area (Å²) < 4.78 is 15.5. The van der Waals surface area contributed by atoms with Crippen LogP contribution in [0.5, 0.6) is 0 Å². The summed E-state index contributed by atoms with van der Waals surface area (Å²) in [6.07, 6.45) is 8.86. The summed E-state index contributed by atoms with van der Waals surface area (Å²) >= 11 is 0. The van der Waals surface area contributed by atoms with Crippen molar-refractivity contribution >= 4 is 6.08 Å². The lowest BCUT2D eigenvalue weighted by Crippen LogP contribution is -2.49. The van der Waals surface area contributed by atoms with Crippen molar-refractivity contribution in [2.45, 2.75) is 45.3 Å². The maximum atomic E-state index is 13.4. The van der Waals surface area contributed by atoms with Crippen LogP contribution in [0, 0.1) is 17.2 Å². The van der Waals surface area contributed by atoms with Crippen LogP contribution < -0.4 is 0 Å². The summed E-state index contributed by atoms with van der Waals surface area (Å²) in [6.45, 7) is 4.93. The molecule has 5 heteroatoms. The molecule has 1 fully saturated rings. The summed E-state index contributed by atoms with van der Waals surface area (Å²) in [5, 5.41) is 11.6. The number of pyridine rings is 1. The standard InChI is InChI=1S/C25H26FN3O/c1-24-15-29-16-28-23(17-9-11-19(26)12-10-17)20(29)14-18(24)6-5-7-21(24)25(2,30)22-8-3-4-13-27-22/h3-4,8-14,16,21,30H,5-7,15H2,1-2H3. The SMILES string of the molecule is CC12Cn3cnc(-c4ccc(F)cc4)c3C=C1CCCC2C(C)(O)c1ccccn1. The van der Waals surface area contributed by atoms with Crippen molar-refractivity contribution in [3.63, 3.8) is 0 Å². The number of benzene rings is 1. The van der Waals surface area contributed by atoms with Gasteiger partial charge in [-0.1, -0.05) is 18.6 Å². The smallest absolute Gasteiger partial charge is 0.123 e. The first kappa shape index (κ1) is 19.2. The van der Waals surface area contributed by atoms with Crippen LogP contribution in [0.4, 0.5) is 4.39 Å². The molecular formula is C25H26FN3O. The van der Waals surface area contributed by atoms with Crippen LogP contribution in [-0.4, -0.2) is 19.6 Å². The number of imidazole rings is 1. The molecule has 3 atom stereocenters. The zero-order valence-electron chi connectivity index (χ0n) is 17.3. The summed E-state index contributed by atoms with van der Waals surface area (Å²) in [5.74, 6) is -0.200. The highest BCUT2D eigenvalue weighted by atomic mass is 19.1. The van der Waals surface area contributed by atoms with E-state index >= 15 is 0 Å². The number of nitrogens with zero attached hydrogens (tertiary/aromatic N) is 3. The zero-order valence-corrected chi connectivity index (χ0v) is 17.3. The second-order valence-corrected chi connectivity index (χ2v) is 9.01. The lowest BCUT2D eigenvalue weighted by atomic mass is 9.57. The lowest BCUT2D eigenvalue weighted by molar-refractivity contribution is -0.0742. The molecule has 30 heavy (non-hydrogen) atoms. The van der Waals surface area contributed by atoms with Crippen LogP contribution in [0.2, 0.25) is 0 Å². The molecule has 1 aliphatic carbocycles. The largest absolute Gasteiger partial charge is 0.384 e. The number of aliphatic hydroxyl groups is 1. The third-order valence-corrected chi connectivity index (χ3v) is 7.11. The maximum Gasteiger partial charge on any atom is 0.123 e. The Morgan fingerprint density at radius 1 is 1.17 bits per heavy atom. The maximum absolute atomic E-state index is 13.4. The van der Waals surface area contributed by atoms with Crippen LogP contribution in [-0.2, 0) is 12.1 Å². The number of halogens is 1. The highest BCUT2D eigenvalue weighted by Gasteiger charge is 2.51. The van der Waals surface area contributed by atoms with Crippen LogP contribution in [0.15, 0.2) is 60.6 Å². The van der Waals surface area contributed by atoms with E-state index in [1.54, 1.807) is 18.3 Å². The minimum absolute atomic E-state index is 0.0460. The fourth-order valence-corrected chi connectivity index (χ4v) is 5.53. The Morgan fingerprint density at radius 3 is 2.70 bits per heavy atom. The molecule has 1 aromatic carbocycles. The van der Waals surface area contributed by atoms with E-state index in [2.05, 4.69) is 27.5 Å². The highest BCUT2D eigenvalue weighted by Crippen LogP contribution is 2.55. The third kappa shape index (κ3) is 2.91. The summed E-state index contributed by atoms with van der Waals surface area (Å²) in [7, 11) is 0. The first-order valence-corrected chi connectivity index (χ1v) is 10.6. The normalized spacial score (nSPS) is 25.1. The van der Waals surface area contributed by atoms with E-state index in [1.165, 1.54) is 17.7 Å². The van der Waals surface area contributed by atoms with Gasteiger partial charge < -0.3 is 9.67 Å². The molecule has 0 bridgehead atoms. The fraction of sp³-hybridized carbons (Fsp3) is 0.360. The second kappa shape index (κ2) is 6.88. The summed E-state index contributed by atoms with van der Waals surface area (Å²) in [5.41, 5.74) is 3.72. The predicted octanol–water partition coefficient (Wildman–Crippen LogP) is 5.20. The van der Waals surface area contributed by atoms with Gasteiger partial charge in [-0.25, -0.2) is 9.37 Å². The molecule has 4 nitrogen and oxygen atoms in total. The molecule has 2 aromatic heterocycles. The Bertz CT molecular complexity index is 1100. The first-order valence-electron chi connectivity index (χ1n) is 10.6. The van der Waals surface area contributed by atoms with Gasteiger partial charge in [0.1, 0.15) is 11.4 Å². The Kier molecular flexibility index (Phi) is 4.40. The topological polar surface area (TPSA) is 50.9 Å². The quantitative estimate of drug-likeness (QED) is 0.654. The van der Waals surface area contributed by atoms with Gasteiger partial charge in [-0.3, -0.25) is 4.98 Å². The van der Waals surface area contributed by atoms with Crippen molar-refractivity contribution in [2.75, 3.05) is 0 Å². The molecule has 1 saturated carbocycles. The monoisotopic (exact) mass is 403 g/mol. The molecule has 0 spiro atoms. The Hall–Kier alpha value is -2.79. The van der Waals surface area contributed by atoms with E-state index in [0.29, 0.717) is 0 Å². The molecule has 2 aliphatic rings. The van der Waals surface area contributed by atoms with Gasteiger partial charge in [0.05, 0.1) is 23.4 Å². The Labute approximate surface area is 176 Å². The van der Waals surface area contributed by atoms with Crippen molar-refractivity contribution in [1.29, 1.82) is 0 Å². The van der Waals surface area contributed by atoms with Crippen molar-refractivity contribution in [3.05, 3.63) is 77.8 Å². The van der Waals surface area contributed by atoms with Crippen molar-refractivity contribution < 1.29 is 9.50 Å². The molecule has 3 aromatic rings. The number of rotatable bonds is 3. The van der Waals surface area contributed by atoms with Crippen molar-refractivity contribution in [1.82, 2.24) is 14.5 Å². The molecular weight excluding hydrogens is 377 g/mol. The van der Waals surface area contributed by atoms with E-state index in [1.807, 2.05) is 31.5 Å². The molecule has 3 heterocycles. The molecule has 0 radical (unpaired) electrons. The summed E-state index contributed by atoms with van der Waals surface area (Å²) in [4.78, 5) is 9.12. The Balaban J connectivity index is 1.56. The molecule has 3 unspecified atom stereocenters. The number of aromatic nitrogens is 3. The van der Waals surface area contributed by atoms with E-state index in [-0.39, 0.29) is 17.2 Å². The molecule has 0 amide bonds. The lowest BCUT2D eigenvalue weighted by Gasteiger charge is -2.51. The minimum atomic E-state index is -1.02. The van der Waals surface area contributed by atoms with Gasteiger partial charge in [0.25, 0.3) is 0 Å². The number of allylic oxidation sites excluding steroid dienone is 1. The molecule has 1 aliphatic heterocycles. The molecule has 154 valence electrons. The second-order valence-electron chi connectivity index (χ2n) is 9.01. The van der Waals surface area contributed by atoms with Gasteiger partial charge in [-0.05, 0) is 68.7 Å². The predicted molar refractivity (Wildman–Crippen MR) is 115 cm³/mol. The Morgan fingerprint density at radius 2 is 1.97 bits per heavy atom. The van der Waals surface area contributed by atoms with Crippen molar-refractivity contribution in [3.8, 4) is 11.3 Å². The van der Waals surface area contributed by atoms with Crippen LogP contribution in [0.25, 0.3) is 17.3 Å². The highest BCUT2D eigenvalue weighted by molar-refractivity contribution is 5.72. The van der Waals surface area contributed by atoms with Gasteiger partial charge >= 0.3 is 0 Å². The van der Waals surface area contributed by atoms with Gasteiger partial charge in [0.2, 0.25) is 0 Å². The van der Waals surface area contributed by atoms with E-state index in [9.17, 15) is 9.50 Å². The molecule has 1 N–H and O–H groups in total. The van der Waals surface area contributed by atoms with Gasteiger partial charge in [-0.15, -0.1) is 0 Å². The third-order valence-electron chi connectivity index (χ3n) is 7.11. The van der Waals surface area contributed by atoms with E-state index < -0.39 is 5.60 Å². The van der Waals surface area contributed by atoms with E-state index in [4.69, 9.17) is 0 Å². The minimum Gasteiger partial charge on any atom is -0.384 e. The number of fused-ring (bicyclic) bond motifs is 2. The molecule has 5 rings (SSSR count). The fourth-order valence-electron chi connectivity index (χ4n) is 5.53. The van der Waals surface area contributed by atoms with Crippen LogP contribution in [0.3, 0.4) is 0 Å². The van der Waals surface area contributed by atoms with Crippen LogP contribution >= 0.6 is 0 Å².